The van der Waals surface area contributed by atoms with Gasteiger partial charge in [0, 0.05) is 18.7 Å². The lowest BCUT2D eigenvalue weighted by molar-refractivity contribution is 0.110. The molecule has 0 aromatic rings. The molecular weight excluding hydrogens is 166 g/mol. The molecule has 2 rings (SSSR count). The predicted molar refractivity (Wildman–Crippen MR) is 50.6 cm³/mol. The molecule has 1 heterocycles. The predicted octanol–water partition coefficient (Wildman–Crippen LogP) is 0.667. The lowest BCUT2D eigenvalue weighted by Crippen LogP contribution is -2.41. The van der Waals surface area contributed by atoms with Crippen LogP contribution in [0.3, 0.4) is 0 Å². The first-order chi connectivity index (χ1) is 6.25. The molecule has 4 atom stereocenters. The Bertz CT molecular complexity index is 174. The summed E-state index contributed by atoms with van der Waals surface area (Å²) >= 11 is 0. The molecule has 1 saturated carbocycles. The van der Waals surface area contributed by atoms with E-state index in [4.69, 9.17) is 4.74 Å². The van der Waals surface area contributed by atoms with Gasteiger partial charge in [0.15, 0.2) is 0 Å². The molecule has 0 aromatic heterocycles. The van der Waals surface area contributed by atoms with Crippen molar-refractivity contribution in [1.82, 2.24) is 5.32 Å². The second kappa shape index (κ2) is 3.95. The second-order valence-corrected chi connectivity index (χ2v) is 4.30. The summed E-state index contributed by atoms with van der Waals surface area (Å²) in [5.41, 5.74) is 0. The Morgan fingerprint density at radius 1 is 1.31 bits per heavy atom. The van der Waals surface area contributed by atoms with Gasteiger partial charge in [-0.2, -0.15) is 0 Å². The van der Waals surface area contributed by atoms with Crippen molar-refractivity contribution in [3.8, 4) is 0 Å². The Labute approximate surface area is 79.5 Å². The summed E-state index contributed by atoms with van der Waals surface area (Å²) in [6.45, 7) is 3.00. The standard InChI is InChI=1S/C10H19NO2/c1-7-10(4-5-13-7)11-8-2-3-9(12)6-8/h7-12H,2-6H2,1H3/t7?,8-,9+,10?/m0/s1. The van der Waals surface area contributed by atoms with Crippen molar-refractivity contribution in [2.45, 2.75) is 56.9 Å². The molecule has 2 aliphatic rings. The van der Waals surface area contributed by atoms with Crippen LogP contribution < -0.4 is 5.32 Å². The molecule has 0 aromatic carbocycles. The Morgan fingerprint density at radius 3 is 2.69 bits per heavy atom. The van der Waals surface area contributed by atoms with E-state index in [1.165, 1.54) is 0 Å². The average Bonchev–Trinajstić information content (AvgIpc) is 2.64. The van der Waals surface area contributed by atoms with Crippen LogP contribution in [0.5, 0.6) is 0 Å². The molecule has 0 spiro atoms. The van der Waals surface area contributed by atoms with Crippen LogP contribution in [0.25, 0.3) is 0 Å². The lowest BCUT2D eigenvalue weighted by Gasteiger charge is -2.20. The van der Waals surface area contributed by atoms with E-state index in [0.717, 1.165) is 32.3 Å². The van der Waals surface area contributed by atoms with Gasteiger partial charge in [-0.25, -0.2) is 0 Å². The number of aliphatic hydroxyl groups excluding tert-OH is 1. The van der Waals surface area contributed by atoms with Crippen LogP contribution in [-0.4, -0.2) is 36.0 Å². The third-order valence-corrected chi connectivity index (χ3v) is 3.23. The van der Waals surface area contributed by atoms with Gasteiger partial charge in [0.25, 0.3) is 0 Å². The number of hydrogen-bond acceptors (Lipinski definition) is 3. The molecule has 1 saturated heterocycles. The number of aliphatic hydroxyl groups is 1. The lowest BCUT2D eigenvalue weighted by atomic mass is 10.1. The van der Waals surface area contributed by atoms with Gasteiger partial charge in [-0.3, -0.25) is 0 Å². The minimum absolute atomic E-state index is 0.0740. The fourth-order valence-corrected chi connectivity index (χ4v) is 2.36. The van der Waals surface area contributed by atoms with Crippen molar-refractivity contribution < 1.29 is 9.84 Å². The Balaban J connectivity index is 1.77. The molecule has 2 unspecified atom stereocenters. The van der Waals surface area contributed by atoms with Gasteiger partial charge in [-0.05, 0) is 32.6 Å². The third-order valence-electron chi connectivity index (χ3n) is 3.23. The first-order valence-electron chi connectivity index (χ1n) is 5.31. The fourth-order valence-electron chi connectivity index (χ4n) is 2.36. The van der Waals surface area contributed by atoms with Gasteiger partial charge in [-0.1, -0.05) is 0 Å². The maximum absolute atomic E-state index is 9.37. The molecule has 3 heteroatoms. The molecule has 0 radical (unpaired) electrons. The minimum Gasteiger partial charge on any atom is -0.393 e. The topological polar surface area (TPSA) is 41.5 Å². The van der Waals surface area contributed by atoms with Crippen LogP contribution >= 0.6 is 0 Å². The molecule has 0 amide bonds. The third kappa shape index (κ3) is 2.22. The highest BCUT2D eigenvalue weighted by atomic mass is 16.5. The summed E-state index contributed by atoms with van der Waals surface area (Å²) in [5.74, 6) is 0. The van der Waals surface area contributed by atoms with E-state index in [0.29, 0.717) is 18.2 Å². The number of ether oxygens (including phenoxy) is 1. The van der Waals surface area contributed by atoms with Crippen LogP contribution in [0.2, 0.25) is 0 Å². The SMILES string of the molecule is CC1OCCC1N[C@H]1CC[C@@H](O)C1. The number of hydrogen-bond donors (Lipinski definition) is 2. The highest BCUT2D eigenvalue weighted by Crippen LogP contribution is 2.22. The Kier molecular flexibility index (Phi) is 2.86. The monoisotopic (exact) mass is 185 g/mol. The smallest absolute Gasteiger partial charge is 0.0700 e. The fraction of sp³-hybridized carbons (Fsp3) is 1.00. The van der Waals surface area contributed by atoms with Crippen molar-refractivity contribution >= 4 is 0 Å². The van der Waals surface area contributed by atoms with E-state index >= 15 is 0 Å². The summed E-state index contributed by atoms with van der Waals surface area (Å²) in [7, 11) is 0. The number of rotatable bonds is 2. The van der Waals surface area contributed by atoms with E-state index in [2.05, 4.69) is 12.2 Å². The summed E-state index contributed by atoms with van der Waals surface area (Å²) < 4.78 is 5.48. The molecule has 2 fully saturated rings. The molecular formula is C10H19NO2. The molecule has 3 nitrogen and oxygen atoms in total. The average molecular weight is 185 g/mol. The van der Waals surface area contributed by atoms with Crippen LogP contribution in [0.15, 0.2) is 0 Å². The molecule has 2 N–H and O–H groups in total. The summed E-state index contributed by atoms with van der Waals surface area (Å²) in [4.78, 5) is 0. The Morgan fingerprint density at radius 2 is 2.15 bits per heavy atom. The second-order valence-electron chi connectivity index (χ2n) is 4.30. The highest BCUT2D eigenvalue weighted by Gasteiger charge is 2.29. The Hall–Kier alpha value is -0.120. The molecule has 1 aliphatic heterocycles. The van der Waals surface area contributed by atoms with Crippen LogP contribution in [0, 0.1) is 0 Å². The zero-order valence-electron chi connectivity index (χ0n) is 8.20. The molecule has 0 bridgehead atoms. The van der Waals surface area contributed by atoms with E-state index in [1.807, 2.05) is 0 Å². The summed E-state index contributed by atoms with van der Waals surface area (Å²) in [5, 5.41) is 12.9. The minimum atomic E-state index is -0.0740. The van der Waals surface area contributed by atoms with E-state index in [9.17, 15) is 5.11 Å². The maximum atomic E-state index is 9.37. The van der Waals surface area contributed by atoms with Crippen molar-refractivity contribution in [3.05, 3.63) is 0 Å². The highest BCUT2D eigenvalue weighted by molar-refractivity contribution is 4.87. The largest absolute Gasteiger partial charge is 0.393 e. The van der Waals surface area contributed by atoms with Crippen molar-refractivity contribution in [2.75, 3.05) is 6.61 Å². The van der Waals surface area contributed by atoms with Crippen LogP contribution in [-0.2, 0) is 4.74 Å². The van der Waals surface area contributed by atoms with Crippen molar-refractivity contribution in [1.29, 1.82) is 0 Å². The van der Waals surface area contributed by atoms with Gasteiger partial charge in [0.1, 0.15) is 0 Å². The van der Waals surface area contributed by atoms with Crippen molar-refractivity contribution in [3.63, 3.8) is 0 Å². The maximum Gasteiger partial charge on any atom is 0.0700 e. The molecule has 76 valence electrons. The normalized spacial score (nSPS) is 45.7. The van der Waals surface area contributed by atoms with Crippen LogP contribution in [0.1, 0.15) is 32.6 Å². The van der Waals surface area contributed by atoms with Gasteiger partial charge in [-0.15, -0.1) is 0 Å². The first-order valence-corrected chi connectivity index (χ1v) is 5.31. The van der Waals surface area contributed by atoms with Crippen molar-refractivity contribution in [2.24, 2.45) is 0 Å². The zero-order valence-corrected chi connectivity index (χ0v) is 8.20. The van der Waals surface area contributed by atoms with Crippen LogP contribution in [0.4, 0.5) is 0 Å². The number of nitrogens with one attached hydrogen (secondary N) is 1. The van der Waals surface area contributed by atoms with Gasteiger partial charge >= 0.3 is 0 Å². The van der Waals surface area contributed by atoms with Gasteiger partial charge in [0.05, 0.1) is 12.2 Å². The summed E-state index contributed by atoms with van der Waals surface area (Å²) in [6.07, 6.45) is 4.38. The van der Waals surface area contributed by atoms with Gasteiger partial charge < -0.3 is 15.2 Å². The molecule has 1 aliphatic carbocycles. The van der Waals surface area contributed by atoms with E-state index < -0.39 is 0 Å². The molecule has 13 heavy (non-hydrogen) atoms. The first kappa shape index (κ1) is 9.44. The quantitative estimate of drug-likeness (QED) is 0.664. The van der Waals surface area contributed by atoms with Gasteiger partial charge in [0.2, 0.25) is 0 Å². The zero-order chi connectivity index (χ0) is 9.26. The summed E-state index contributed by atoms with van der Waals surface area (Å²) in [6, 6.07) is 1.03. The van der Waals surface area contributed by atoms with E-state index in [1.54, 1.807) is 0 Å². The van der Waals surface area contributed by atoms with E-state index in [-0.39, 0.29) is 6.10 Å².